The quantitative estimate of drug-likeness (QED) is 0.691. The maximum Gasteiger partial charge on any atom is 0.161 e. The molecule has 1 heterocycles. The predicted octanol–water partition coefficient (Wildman–Crippen LogP) is 3.15. The van der Waals surface area contributed by atoms with Gasteiger partial charge in [0, 0.05) is 18.6 Å². The SMILES string of the molecule is CCN(CC)CC(O)COc1ccc(CN2CCCC2(C)C)cc1OC. The maximum absolute atomic E-state index is 10.2. The average molecular weight is 365 g/mol. The summed E-state index contributed by atoms with van der Waals surface area (Å²) in [7, 11) is 1.66. The van der Waals surface area contributed by atoms with Gasteiger partial charge in [-0.05, 0) is 64.0 Å². The molecule has 0 bridgehead atoms. The fourth-order valence-electron chi connectivity index (χ4n) is 3.62. The molecule has 26 heavy (non-hydrogen) atoms. The van der Waals surface area contributed by atoms with Crippen LogP contribution in [0.15, 0.2) is 18.2 Å². The van der Waals surface area contributed by atoms with Crippen LogP contribution in [0.2, 0.25) is 0 Å². The van der Waals surface area contributed by atoms with Gasteiger partial charge in [-0.3, -0.25) is 4.90 Å². The molecular formula is C21H36N2O3. The highest BCUT2D eigenvalue weighted by molar-refractivity contribution is 5.43. The predicted molar refractivity (Wildman–Crippen MR) is 106 cm³/mol. The summed E-state index contributed by atoms with van der Waals surface area (Å²) >= 11 is 0. The number of rotatable bonds is 10. The zero-order valence-electron chi connectivity index (χ0n) is 17.1. The number of ether oxygens (including phenoxy) is 2. The van der Waals surface area contributed by atoms with Crippen molar-refractivity contribution in [3.8, 4) is 11.5 Å². The second-order valence-electron chi connectivity index (χ2n) is 7.77. The Morgan fingerprint density at radius 1 is 1.23 bits per heavy atom. The van der Waals surface area contributed by atoms with E-state index in [-0.39, 0.29) is 12.1 Å². The molecule has 5 nitrogen and oxygen atoms in total. The van der Waals surface area contributed by atoms with E-state index in [0.717, 1.165) is 31.9 Å². The highest BCUT2D eigenvalue weighted by atomic mass is 16.5. The number of methoxy groups -OCH3 is 1. The van der Waals surface area contributed by atoms with Crippen LogP contribution >= 0.6 is 0 Å². The van der Waals surface area contributed by atoms with E-state index in [0.29, 0.717) is 12.3 Å². The third-order valence-electron chi connectivity index (χ3n) is 5.47. The average Bonchev–Trinajstić information content (AvgIpc) is 2.96. The molecule has 0 aromatic heterocycles. The minimum absolute atomic E-state index is 0.261. The lowest BCUT2D eigenvalue weighted by molar-refractivity contribution is 0.0705. The normalized spacial score (nSPS) is 18.3. The van der Waals surface area contributed by atoms with Crippen molar-refractivity contribution in [1.29, 1.82) is 0 Å². The molecule has 2 rings (SSSR count). The van der Waals surface area contributed by atoms with Crippen molar-refractivity contribution in [3.05, 3.63) is 23.8 Å². The van der Waals surface area contributed by atoms with Crippen molar-refractivity contribution in [2.24, 2.45) is 0 Å². The summed E-state index contributed by atoms with van der Waals surface area (Å²) < 4.78 is 11.4. The van der Waals surface area contributed by atoms with Crippen LogP contribution in [0.4, 0.5) is 0 Å². The van der Waals surface area contributed by atoms with Crippen LogP contribution in [-0.4, -0.2) is 66.4 Å². The molecule has 1 aromatic carbocycles. The molecule has 1 unspecified atom stereocenters. The monoisotopic (exact) mass is 364 g/mol. The molecule has 0 radical (unpaired) electrons. The summed E-state index contributed by atoms with van der Waals surface area (Å²) in [5, 5.41) is 10.2. The van der Waals surface area contributed by atoms with Gasteiger partial charge in [0.15, 0.2) is 11.5 Å². The van der Waals surface area contributed by atoms with Gasteiger partial charge in [-0.1, -0.05) is 19.9 Å². The lowest BCUT2D eigenvalue weighted by atomic mass is 10.0. The van der Waals surface area contributed by atoms with E-state index in [1.165, 1.54) is 18.4 Å². The van der Waals surface area contributed by atoms with Crippen LogP contribution in [0, 0.1) is 0 Å². The van der Waals surface area contributed by atoms with E-state index in [9.17, 15) is 5.11 Å². The first kappa shape index (κ1) is 21.0. The summed E-state index contributed by atoms with van der Waals surface area (Å²) in [5.74, 6) is 1.42. The molecule has 0 spiro atoms. The first-order valence-corrected chi connectivity index (χ1v) is 9.84. The Labute approximate surface area is 158 Å². The van der Waals surface area contributed by atoms with Crippen LogP contribution in [0.1, 0.15) is 46.1 Å². The maximum atomic E-state index is 10.2. The minimum Gasteiger partial charge on any atom is -0.493 e. The fourth-order valence-corrected chi connectivity index (χ4v) is 3.62. The minimum atomic E-state index is -0.510. The summed E-state index contributed by atoms with van der Waals surface area (Å²) in [5.41, 5.74) is 1.49. The molecule has 1 fully saturated rings. The molecule has 5 heteroatoms. The van der Waals surface area contributed by atoms with Gasteiger partial charge < -0.3 is 19.5 Å². The Kier molecular flexibility index (Phi) is 7.74. The van der Waals surface area contributed by atoms with Crippen molar-refractivity contribution < 1.29 is 14.6 Å². The third-order valence-corrected chi connectivity index (χ3v) is 5.47. The number of aliphatic hydroxyl groups excluding tert-OH is 1. The summed E-state index contributed by atoms with van der Waals surface area (Å²) in [6.07, 6.45) is 2.00. The van der Waals surface area contributed by atoms with Gasteiger partial charge in [0.05, 0.1) is 7.11 Å². The molecule has 1 aromatic rings. The van der Waals surface area contributed by atoms with Crippen LogP contribution in [-0.2, 0) is 6.54 Å². The summed E-state index contributed by atoms with van der Waals surface area (Å²) in [4.78, 5) is 4.71. The summed E-state index contributed by atoms with van der Waals surface area (Å²) in [6, 6.07) is 6.12. The molecule has 1 N–H and O–H groups in total. The molecule has 1 aliphatic heterocycles. The Morgan fingerprint density at radius 3 is 2.54 bits per heavy atom. The van der Waals surface area contributed by atoms with Gasteiger partial charge >= 0.3 is 0 Å². The van der Waals surface area contributed by atoms with Crippen LogP contribution in [0.25, 0.3) is 0 Å². The number of hydrogen-bond donors (Lipinski definition) is 1. The highest BCUT2D eigenvalue weighted by Gasteiger charge is 2.31. The van der Waals surface area contributed by atoms with Gasteiger partial charge in [-0.2, -0.15) is 0 Å². The lowest BCUT2D eigenvalue weighted by Crippen LogP contribution is -2.37. The lowest BCUT2D eigenvalue weighted by Gasteiger charge is -2.31. The Morgan fingerprint density at radius 2 is 1.96 bits per heavy atom. The Balaban J connectivity index is 1.95. The number of hydrogen-bond acceptors (Lipinski definition) is 5. The standard InChI is InChI=1S/C21H36N2O3/c1-6-22(7-2)15-18(24)16-26-19-10-9-17(13-20(19)25-5)14-23-12-8-11-21(23,3)4/h9-10,13,18,24H,6-8,11-12,14-16H2,1-5H3. The molecule has 0 saturated carbocycles. The smallest absolute Gasteiger partial charge is 0.161 e. The Hall–Kier alpha value is -1.30. The first-order valence-electron chi connectivity index (χ1n) is 9.84. The van der Waals surface area contributed by atoms with Gasteiger partial charge in [-0.25, -0.2) is 0 Å². The zero-order valence-corrected chi connectivity index (χ0v) is 17.1. The number of nitrogens with zero attached hydrogens (tertiary/aromatic N) is 2. The highest BCUT2D eigenvalue weighted by Crippen LogP contribution is 2.33. The van der Waals surface area contributed by atoms with E-state index in [2.05, 4.69) is 49.6 Å². The van der Waals surface area contributed by atoms with Crippen molar-refractivity contribution >= 4 is 0 Å². The molecule has 1 atom stereocenters. The van der Waals surface area contributed by atoms with E-state index in [4.69, 9.17) is 9.47 Å². The van der Waals surface area contributed by atoms with Gasteiger partial charge in [0.2, 0.25) is 0 Å². The van der Waals surface area contributed by atoms with Crippen molar-refractivity contribution in [3.63, 3.8) is 0 Å². The number of likely N-dealkylation sites (N-methyl/N-ethyl adjacent to an activating group) is 1. The first-order chi connectivity index (χ1) is 12.4. The number of aliphatic hydroxyl groups is 1. The molecule has 0 aliphatic carbocycles. The summed E-state index contributed by atoms with van der Waals surface area (Å²) in [6.45, 7) is 13.6. The van der Waals surface area contributed by atoms with Crippen LogP contribution in [0.5, 0.6) is 11.5 Å². The molecule has 1 saturated heterocycles. The molecule has 1 aliphatic rings. The third kappa shape index (κ3) is 5.60. The van der Waals surface area contributed by atoms with Crippen molar-refractivity contribution in [2.75, 3.05) is 39.9 Å². The van der Waals surface area contributed by atoms with E-state index < -0.39 is 6.10 Å². The van der Waals surface area contributed by atoms with Gasteiger partial charge in [-0.15, -0.1) is 0 Å². The molecular weight excluding hydrogens is 328 g/mol. The zero-order chi connectivity index (χ0) is 19.2. The van der Waals surface area contributed by atoms with Gasteiger partial charge in [0.25, 0.3) is 0 Å². The number of benzene rings is 1. The second-order valence-corrected chi connectivity index (χ2v) is 7.77. The van der Waals surface area contributed by atoms with Crippen molar-refractivity contribution in [2.45, 2.75) is 58.7 Å². The van der Waals surface area contributed by atoms with Gasteiger partial charge in [0.1, 0.15) is 12.7 Å². The number of likely N-dealkylation sites (tertiary alicyclic amines) is 1. The van der Waals surface area contributed by atoms with E-state index in [1.807, 2.05) is 6.07 Å². The van der Waals surface area contributed by atoms with E-state index >= 15 is 0 Å². The fraction of sp³-hybridized carbons (Fsp3) is 0.714. The van der Waals surface area contributed by atoms with Crippen LogP contribution in [0.3, 0.4) is 0 Å². The Bertz CT molecular complexity index is 558. The largest absolute Gasteiger partial charge is 0.493 e. The van der Waals surface area contributed by atoms with Crippen LogP contribution < -0.4 is 9.47 Å². The molecule has 148 valence electrons. The van der Waals surface area contributed by atoms with E-state index in [1.54, 1.807) is 7.11 Å². The second kappa shape index (κ2) is 9.58. The molecule has 0 amide bonds. The van der Waals surface area contributed by atoms with Crippen molar-refractivity contribution in [1.82, 2.24) is 9.80 Å². The topological polar surface area (TPSA) is 45.2 Å².